The molecule has 1 atom stereocenters. The molecule has 0 aliphatic carbocycles. The van der Waals surface area contributed by atoms with Crippen molar-refractivity contribution in [2.24, 2.45) is 0 Å². The molecule has 88 valence electrons. The van der Waals surface area contributed by atoms with Gasteiger partial charge in [-0.1, -0.05) is 24.3 Å². The fourth-order valence-electron chi connectivity index (χ4n) is 2.09. The lowest BCUT2D eigenvalue weighted by atomic mass is 9.98. The van der Waals surface area contributed by atoms with Crippen molar-refractivity contribution >= 4 is 0 Å². The van der Waals surface area contributed by atoms with E-state index < -0.39 is 0 Å². The van der Waals surface area contributed by atoms with Gasteiger partial charge in [-0.2, -0.15) is 0 Å². The van der Waals surface area contributed by atoms with Gasteiger partial charge in [-0.15, -0.1) is 0 Å². The van der Waals surface area contributed by atoms with Gasteiger partial charge < -0.3 is 5.32 Å². The highest BCUT2D eigenvalue weighted by atomic mass is 14.9. The van der Waals surface area contributed by atoms with E-state index in [1.54, 1.807) is 0 Å². The van der Waals surface area contributed by atoms with Gasteiger partial charge in [0.15, 0.2) is 0 Å². The summed E-state index contributed by atoms with van der Waals surface area (Å²) in [4.78, 5) is 4.47. The number of aromatic nitrogens is 1. The predicted molar refractivity (Wildman–Crippen MR) is 71.1 cm³/mol. The molecular formula is C15H18N2. The predicted octanol–water partition coefficient (Wildman–Crippen LogP) is 3.01. The van der Waals surface area contributed by atoms with E-state index in [-0.39, 0.29) is 6.04 Å². The molecule has 0 saturated heterocycles. The SMILES string of the molecule is CNC(c1cc(C)ccn1)c1ccccc1C. The van der Waals surface area contributed by atoms with Gasteiger partial charge in [0.1, 0.15) is 0 Å². The summed E-state index contributed by atoms with van der Waals surface area (Å²) in [7, 11) is 1.97. The molecule has 0 fully saturated rings. The van der Waals surface area contributed by atoms with Gasteiger partial charge in [0, 0.05) is 6.20 Å². The van der Waals surface area contributed by atoms with Crippen molar-refractivity contribution in [1.29, 1.82) is 0 Å². The van der Waals surface area contributed by atoms with Crippen molar-refractivity contribution in [2.75, 3.05) is 7.05 Å². The Kier molecular flexibility index (Phi) is 3.55. The van der Waals surface area contributed by atoms with Gasteiger partial charge in [-0.05, 0) is 49.7 Å². The quantitative estimate of drug-likeness (QED) is 0.870. The summed E-state index contributed by atoms with van der Waals surface area (Å²) >= 11 is 0. The minimum Gasteiger partial charge on any atom is -0.308 e. The van der Waals surface area contributed by atoms with Crippen LogP contribution in [0.1, 0.15) is 28.4 Å². The normalized spacial score (nSPS) is 12.4. The number of nitrogens with zero attached hydrogens (tertiary/aromatic N) is 1. The number of hydrogen-bond acceptors (Lipinski definition) is 2. The standard InChI is InChI=1S/C15H18N2/c1-11-8-9-17-14(10-11)15(16-3)13-7-5-4-6-12(13)2/h4-10,15-16H,1-3H3. The van der Waals surface area contributed by atoms with E-state index >= 15 is 0 Å². The first-order valence-corrected chi connectivity index (χ1v) is 5.87. The molecule has 2 heteroatoms. The Morgan fingerprint density at radius 3 is 2.53 bits per heavy atom. The highest BCUT2D eigenvalue weighted by molar-refractivity contribution is 5.35. The fraction of sp³-hybridized carbons (Fsp3) is 0.267. The van der Waals surface area contributed by atoms with Crippen LogP contribution in [0, 0.1) is 13.8 Å². The molecule has 1 heterocycles. The highest BCUT2D eigenvalue weighted by Gasteiger charge is 2.14. The van der Waals surface area contributed by atoms with Crippen LogP contribution in [0.15, 0.2) is 42.6 Å². The van der Waals surface area contributed by atoms with E-state index in [4.69, 9.17) is 0 Å². The maximum atomic E-state index is 4.47. The van der Waals surface area contributed by atoms with E-state index in [1.807, 2.05) is 19.3 Å². The van der Waals surface area contributed by atoms with Crippen LogP contribution in [0.4, 0.5) is 0 Å². The lowest BCUT2D eigenvalue weighted by Crippen LogP contribution is -2.19. The zero-order valence-electron chi connectivity index (χ0n) is 10.6. The molecule has 1 N–H and O–H groups in total. The van der Waals surface area contributed by atoms with Crippen molar-refractivity contribution < 1.29 is 0 Å². The molecule has 0 aliphatic rings. The summed E-state index contributed by atoms with van der Waals surface area (Å²) in [5.41, 5.74) is 4.88. The zero-order chi connectivity index (χ0) is 12.3. The van der Waals surface area contributed by atoms with Crippen molar-refractivity contribution in [3.05, 3.63) is 65.0 Å². The van der Waals surface area contributed by atoms with Crippen LogP contribution in [0.3, 0.4) is 0 Å². The third-order valence-corrected chi connectivity index (χ3v) is 3.02. The average molecular weight is 226 g/mol. The van der Waals surface area contributed by atoms with Crippen molar-refractivity contribution in [1.82, 2.24) is 10.3 Å². The molecule has 2 rings (SSSR count). The number of aryl methyl sites for hydroxylation is 2. The molecule has 1 aromatic carbocycles. The number of benzene rings is 1. The van der Waals surface area contributed by atoms with Gasteiger partial charge in [-0.25, -0.2) is 0 Å². The van der Waals surface area contributed by atoms with Crippen LogP contribution in [0.5, 0.6) is 0 Å². The molecule has 0 bridgehead atoms. The summed E-state index contributed by atoms with van der Waals surface area (Å²) in [6.45, 7) is 4.23. The minimum atomic E-state index is 0.163. The second-order valence-corrected chi connectivity index (χ2v) is 4.34. The number of nitrogens with one attached hydrogen (secondary N) is 1. The Bertz CT molecular complexity index is 506. The van der Waals surface area contributed by atoms with E-state index in [2.05, 4.69) is 54.5 Å². The Balaban J connectivity index is 2.44. The monoisotopic (exact) mass is 226 g/mol. The molecule has 2 nitrogen and oxygen atoms in total. The van der Waals surface area contributed by atoms with Crippen LogP contribution in [-0.4, -0.2) is 12.0 Å². The van der Waals surface area contributed by atoms with Crippen LogP contribution in [-0.2, 0) is 0 Å². The average Bonchev–Trinajstić information content (AvgIpc) is 2.33. The third-order valence-electron chi connectivity index (χ3n) is 3.02. The molecule has 0 spiro atoms. The Morgan fingerprint density at radius 2 is 1.88 bits per heavy atom. The van der Waals surface area contributed by atoms with Crippen LogP contribution in [0.2, 0.25) is 0 Å². The maximum Gasteiger partial charge on any atom is 0.0751 e. The van der Waals surface area contributed by atoms with Crippen molar-refractivity contribution in [3.63, 3.8) is 0 Å². The van der Waals surface area contributed by atoms with Crippen molar-refractivity contribution in [2.45, 2.75) is 19.9 Å². The van der Waals surface area contributed by atoms with Gasteiger partial charge in [0.25, 0.3) is 0 Å². The highest BCUT2D eigenvalue weighted by Crippen LogP contribution is 2.23. The minimum absolute atomic E-state index is 0.163. The summed E-state index contributed by atoms with van der Waals surface area (Å²) in [5, 5.41) is 3.34. The second kappa shape index (κ2) is 5.11. The fourth-order valence-corrected chi connectivity index (χ4v) is 2.09. The summed E-state index contributed by atoms with van der Waals surface area (Å²) in [6, 6.07) is 12.7. The molecule has 17 heavy (non-hydrogen) atoms. The molecular weight excluding hydrogens is 208 g/mol. The van der Waals surface area contributed by atoms with E-state index in [9.17, 15) is 0 Å². The second-order valence-electron chi connectivity index (χ2n) is 4.34. The first-order chi connectivity index (χ1) is 8.22. The number of rotatable bonds is 3. The first kappa shape index (κ1) is 11.8. The summed E-state index contributed by atoms with van der Waals surface area (Å²) in [5.74, 6) is 0. The summed E-state index contributed by atoms with van der Waals surface area (Å²) in [6.07, 6.45) is 1.87. The van der Waals surface area contributed by atoms with E-state index in [0.717, 1.165) is 5.69 Å². The van der Waals surface area contributed by atoms with Crippen LogP contribution < -0.4 is 5.32 Å². The first-order valence-electron chi connectivity index (χ1n) is 5.87. The van der Waals surface area contributed by atoms with Gasteiger partial charge in [0.2, 0.25) is 0 Å². The lowest BCUT2D eigenvalue weighted by molar-refractivity contribution is 0.666. The molecule has 1 aromatic heterocycles. The molecule has 2 aromatic rings. The van der Waals surface area contributed by atoms with E-state index in [0.29, 0.717) is 0 Å². The Morgan fingerprint density at radius 1 is 1.12 bits per heavy atom. The topological polar surface area (TPSA) is 24.9 Å². The summed E-state index contributed by atoms with van der Waals surface area (Å²) < 4.78 is 0. The van der Waals surface area contributed by atoms with Gasteiger partial charge in [-0.3, -0.25) is 4.98 Å². The smallest absolute Gasteiger partial charge is 0.0751 e. The molecule has 0 radical (unpaired) electrons. The van der Waals surface area contributed by atoms with Gasteiger partial charge >= 0.3 is 0 Å². The zero-order valence-corrected chi connectivity index (χ0v) is 10.6. The lowest BCUT2D eigenvalue weighted by Gasteiger charge is -2.18. The van der Waals surface area contributed by atoms with E-state index in [1.165, 1.54) is 16.7 Å². The Labute approximate surface area is 103 Å². The third kappa shape index (κ3) is 2.53. The molecule has 0 amide bonds. The van der Waals surface area contributed by atoms with Crippen molar-refractivity contribution in [3.8, 4) is 0 Å². The Hall–Kier alpha value is -1.67. The largest absolute Gasteiger partial charge is 0.308 e. The molecule has 0 saturated carbocycles. The molecule has 0 aliphatic heterocycles. The van der Waals surface area contributed by atoms with Gasteiger partial charge in [0.05, 0.1) is 11.7 Å². The van der Waals surface area contributed by atoms with Crippen LogP contribution >= 0.6 is 0 Å². The number of pyridine rings is 1. The van der Waals surface area contributed by atoms with Crippen LogP contribution in [0.25, 0.3) is 0 Å². The molecule has 1 unspecified atom stereocenters. The maximum absolute atomic E-state index is 4.47. The number of hydrogen-bond donors (Lipinski definition) is 1.